The SMILES string of the molecule is C=CN(C=O)C(C#N)C(CCNC=O)c1ccc(O)c(O)c1. The normalized spacial score (nSPS) is 12.5. The highest BCUT2D eigenvalue weighted by atomic mass is 16.3. The third-order valence-corrected chi connectivity index (χ3v) is 3.28. The maximum atomic E-state index is 11.1. The molecule has 0 aliphatic carbocycles. The summed E-state index contributed by atoms with van der Waals surface area (Å²) < 4.78 is 0. The Kier molecular flexibility index (Phi) is 6.44. The molecule has 2 atom stereocenters. The van der Waals surface area contributed by atoms with Crippen LogP contribution in [-0.4, -0.2) is 40.5 Å². The predicted molar refractivity (Wildman–Crippen MR) is 78.7 cm³/mol. The number of amides is 2. The Morgan fingerprint density at radius 1 is 1.36 bits per heavy atom. The summed E-state index contributed by atoms with van der Waals surface area (Å²) in [6.45, 7) is 3.78. The molecule has 0 spiro atoms. The van der Waals surface area contributed by atoms with Gasteiger partial charge in [0.25, 0.3) is 0 Å². The molecular weight excluding hydrogens is 286 g/mol. The van der Waals surface area contributed by atoms with Crippen molar-refractivity contribution in [2.45, 2.75) is 18.4 Å². The lowest BCUT2D eigenvalue weighted by Crippen LogP contribution is -2.35. The van der Waals surface area contributed by atoms with Crippen LogP contribution < -0.4 is 5.32 Å². The molecule has 1 aromatic rings. The number of phenols is 2. The summed E-state index contributed by atoms with van der Waals surface area (Å²) in [5, 5.41) is 30.9. The smallest absolute Gasteiger partial charge is 0.214 e. The van der Waals surface area contributed by atoms with Crippen LogP contribution in [0.4, 0.5) is 0 Å². The number of hydrogen-bond acceptors (Lipinski definition) is 5. The number of carbonyl (C=O) groups excluding carboxylic acids is 2. The first-order valence-corrected chi connectivity index (χ1v) is 6.52. The van der Waals surface area contributed by atoms with E-state index >= 15 is 0 Å². The van der Waals surface area contributed by atoms with Crippen molar-refractivity contribution in [2.24, 2.45) is 0 Å². The average Bonchev–Trinajstić information content (AvgIpc) is 2.53. The summed E-state index contributed by atoms with van der Waals surface area (Å²) in [6, 6.07) is 5.36. The van der Waals surface area contributed by atoms with Crippen molar-refractivity contribution in [1.29, 1.82) is 5.26 Å². The second-order valence-corrected chi connectivity index (χ2v) is 4.52. The molecule has 7 nitrogen and oxygen atoms in total. The van der Waals surface area contributed by atoms with Crippen molar-refractivity contribution in [1.82, 2.24) is 10.2 Å². The van der Waals surface area contributed by atoms with E-state index < -0.39 is 12.0 Å². The highest BCUT2D eigenvalue weighted by molar-refractivity contribution is 5.52. The molecule has 2 amide bonds. The predicted octanol–water partition coefficient (Wildman–Crippen LogP) is 0.812. The van der Waals surface area contributed by atoms with Gasteiger partial charge in [-0.05, 0) is 24.1 Å². The Morgan fingerprint density at radius 2 is 2.09 bits per heavy atom. The molecule has 116 valence electrons. The Morgan fingerprint density at radius 3 is 2.59 bits per heavy atom. The first-order chi connectivity index (χ1) is 10.6. The van der Waals surface area contributed by atoms with Gasteiger partial charge in [-0.2, -0.15) is 5.26 Å². The Bertz CT molecular complexity index is 575. The Balaban J connectivity index is 3.17. The van der Waals surface area contributed by atoms with Crippen LogP contribution in [0, 0.1) is 11.3 Å². The van der Waals surface area contributed by atoms with Gasteiger partial charge in [-0.25, -0.2) is 0 Å². The van der Waals surface area contributed by atoms with Crippen molar-refractivity contribution in [2.75, 3.05) is 6.54 Å². The fraction of sp³-hybridized carbons (Fsp3) is 0.267. The minimum absolute atomic E-state index is 0.280. The first kappa shape index (κ1) is 17.0. The second-order valence-electron chi connectivity index (χ2n) is 4.52. The fourth-order valence-corrected chi connectivity index (χ4v) is 2.16. The van der Waals surface area contributed by atoms with Gasteiger partial charge in [0.15, 0.2) is 11.5 Å². The summed E-state index contributed by atoms with van der Waals surface area (Å²) in [4.78, 5) is 22.6. The first-order valence-electron chi connectivity index (χ1n) is 6.52. The van der Waals surface area contributed by atoms with Crippen LogP contribution in [0.1, 0.15) is 17.9 Å². The molecule has 0 saturated carbocycles. The number of hydrogen-bond donors (Lipinski definition) is 3. The molecule has 22 heavy (non-hydrogen) atoms. The lowest BCUT2D eigenvalue weighted by Gasteiger charge is -2.28. The molecule has 3 N–H and O–H groups in total. The van der Waals surface area contributed by atoms with Crippen molar-refractivity contribution >= 4 is 12.8 Å². The van der Waals surface area contributed by atoms with Crippen LogP contribution in [0.5, 0.6) is 11.5 Å². The van der Waals surface area contributed by atoms with Crippen LogP contribution >= 0.6 is 0 Å². The molecule has 0 fully saturated rings. The summed E-state index contributed by atoms with van der Waals surface area (Å²) in [5.41, 5.74) is 0.559. The number of aromatic hydroxyl groups is 2. The molecule has 0 saturated heterocycles. The van der Waals surface area contributed by atoms with Crippen molar-refractivity contribution < 1.29 is 19.8 Å². The molecule has 0 bridgehead atoms. The van der Waals surface area contributed by atoms with Gasteiger partial charge >= 0.3 is 0 Å². The molecule has 0 aromatic heterocycles. The molecule has 0 heterocycles. The van der Waals surface area contributed by atoms with Crippen LogP contribution in [0.2, 0.25) is 0 Å². The number of rotatable bonds is 9. The van der Waals surface area contributed by atoms with Gasteiger partial charge < -0.3 is 20.4 Å². The van der Waals surface area contributed by atoms with E-state index in [1.165, 1.54) is 18.3 Å². The van der Waals surface area contributed by atoms with E-state index in [1.54, 1.807) is 6.07 Å². The molecule has 0 aliphatic heterocycles. The van der Waals surface area contributed by atoms with Crippen molar-refractivity contribution in [3.8, 4) is 17.6 Å². The van der Waals surface area contributed by atoms with Crippen LogP contribution in [0.3, 0.4) is 0 Å². The Hall–Kier alpha value is -3.01. The van der Waals surface area contributed by atoms with Gasteiger partial charge in [0, 0.05) is 18.7 Å². The molecule has 1 aromatic carbocycles. The van der Waals surface area contributed by atoms with Gasteiger partial charge in [0.2, 0.25) is 12.8 Å². The lowest BCUT2D eigenvalue weighted by molar-refractivity contribution is -0.117. The van der Waals surface area contributed by atoms with Gasteiger partial charge in [-0.3, -0.25) is 9.59 Å². The van der Waals surface area contributed by atoms with Crippen LogP contribution in [0.25, 0.3) is 0 Å². The maximum absolute atomic E-state index is 11.1. The second kappa shape index (κ2) is 8.32. The highest BCUT2D eigenvalue weighted by Gasteiger charge is 2.27. The zero-order valence-corrected chi connectivity index (χ0v) is 11.8. The molecule has 0 aliphatic rings. The fourth-order valence-electron chi connectivity index (χ4n) is 2.16. The van der Waals surface area contributed by atoms with E-state index in [1.807, 2.05) is 6.07 Å². The third-order valence-electron chi connectivity index (χ3n) is 3.28. The van der Waals surface area contributed by atoms with Crippen molar-refractivity contribution in [3.63, 3.8) is 0 Å². The van der Waals surface area contributed by atoms with Crippen LogP contribution in [-0.2, 0) is 9.59 Å². The van der Waals surface area contributed by atoms with Gasteiger partial charge in [-0.15, -0.1) is 0 Å². The molecular formula is C15H17N3O4. The lowest BCUT2D eigenvalue weighted by atomic mass is 9.88. The molecule has 2 unspecified atom stereocenters. The summed E-state index contributed by atoms with van der Waals surface area (Å²) in [6.07, 6.45) is 2.62. The molecule has 0 radical (unpaired) electrons. The third kappa shape index (κ3) is 3.99. The summed E-state index contributed by atoms with van der Waals surface area (Å²) in [5.74, 6) is -1.08. The van der Waals surface area contributed by atoms with E-state index in [-0.39, 0.29) is 18.0 Å². The van der Waals surface area contributed by atoms with Crippen molar-refractivity contribution in [3.05, 3.63) is 36.5 Å². The number of nitriles is 1. The van der Waals surface area contributed by atoms with E-state index in [9.17, 15) is 25.1 Å². The minimum atomic E-state index is -0.854. The quantitative estimate of drug-likeness (QED) is 0.355. The largest absolute Gasteiger partial charge is 0.504 e. The minimum Gasteiger partial charge on any atom is -0.504 e. The van der Waals surface area contributed by atoms with Gasteiger partial charge in [0.05, 0.1) is 6.07 Å². The van der Waals surface area contributed by atoms with E-state index in [0.717, 1.165) is 4.90 Å². The van der Waals surface area contributed by atoms with Crippen LogP contribution in [0.15, 0.2) is 31.0 Å². The topological polar surface area (TPSA) is 114 Å². The number of nitrogens with one attached hydrogen (secondary N) is 1. The highest BCUT2D eigenvalue weighted by Crippen LogP contribution is 2.32. The van der Waals surface area contributed by atoms with Gasteiger partial charge in [0.1, 0.15) is 6.04 Å². The zero-order valence-electron chi connectivity index (χ0n) is 11.8. The average molecular weight is 303 g/mol. The van der Waals surface area contributed by atoms with E-state index in [4.69, 9.17) is 0 Å². The number of phenolic OH excluding ortho intramolecular Hbond substituents is 2. The number of carbonyl (C=O) groups is 2. The summed E-state index contributed by atoms with van der Waals surface area (Å²) in [7, 11) is 0. The zero-order chi connectivity index (χ0) is 16.5. The molecule has 1 rings (SSSR count). The van der Waals surface area contributed by atoms with Gasteiger partial charge in [-0.1, -0.05) is 12.6 Å². The monoisotopic (exact) mass is 303 g/mol. The summed E-state index contributed by atoms with van der Waals surface area (Å²) >= 11 is 0. The van der Waals surface area contributed by atoms with E-state index in [2.05, 4.69) is 11.9 Å². The maximum Gasteiger partial charge on any atom is 0.214 e. The standard InChI is InChI=1S/C15H17N3O4/c1-2-18(10-20)13(8-16)12(5-6-17-9-19)11-3-4-14(21)15(22)7-11/h2-4,7,9-10,12-13,21-22H,1,5-6H2,(H,17,19). The van der Waals surface area contributed by atoms with E-state index in [0.29, 0.717) is 24.8 Å². The molecule has 7 heteroatoms. The Labute approximate surface area is 128 Å². The number of benzene rings is 1. The number of nitrogens with zero attached hydrogens (tertiary/aromatic N) is 2.